The molecule has 0 aliphatic heterocycles. The zero-order valence-electron chi connectivity index (χ0n) is 13.3. The molecule has 128 valence electrons. The summed E-state index contributed by atoms with van der Waals surface area (Å²) in [5.41, 5.74) is 1.39. The molecule has 24 heavy (non-hydrogen) atoms. The van der Waals surface area contributed by atoms with Gasteiger partial charge in [0.25, 0.3) is 0 Å². The van der Waals surface area contributed by atoms with Gasteiger partial charge in [-0.05, 0) is 37.4 Å². The maximum absolute atomic E-state index is 12.2. The fourth-order valence-corrected chi connectivity index (χ4v) is 2.80. The summed E-state index contributed by atoms with van der Waals surface area (Å²) in [6.07, 6.45) is 0. The van der Waals surface area contributed by atoms with E-state index in [1.165, 1.54) is 0 Å². The number of hydrogen-bond donors (Lipinski definition) is 1. The van der Waals surface area contributed by atoms with Gasteiger partial charge in [-0.3, -0.25) is 9.69 Å². The Morgan fingerprint density at radius 1 is 1.21 bits per heavy atom. The Morgan fingerprint density at radius 3 is 2.67 bits per heavy atom. The van der Waals surface area contributed by atoms with Crippen molar-refractivity contribution in [3.05, 3.63) is 57.0 Å². The highest BCUT2D eigenvalue weighted by Gasteiger charge is 2.13. The lowest BCUT2D eigenvalue weighted by Gasteiger charge is -2.18. The van der Waals surface area contributed by atoms with Crippen LogP contribution in [-0.4, -0.2) is 31.5 Å². The van der Waals surface area contributed by atoms with Crippen LogP contribution in [0.15, 0.2) is 36.4 Å². The molecule has 7 heteroatoms. The first-order valence-corrected chi connectivity index (χ1v) is 8.29. The summed E-state index contributed by atoms with van der Waals surface area (Å²) < 4.78 is 5.31. The van der Waals surface area contributed by atoms with E-state index in [0.717, 1.165) is 11.3 Å². The number of rotatable bonds is 6. The molecule has 0 radical (unpaired) electrons. The Balaban J connectivity index is 1.99. The van der Waals surface area contributed by atoms with Crippen LogP contribution in [0.5, 0.6) is 5.75 Å². The third kappa shape index (κ3) is 5.02. The van der Waals surface area contributed by atoms with Gasteiger partial charge in [0.1, 0.15) is 5.75 Å². The van der Waals surface area contributed by atoms with Crippen molar-refractivity contribution in [2.75, 3.05) is 26.0 Å². The number of methoxy groups -OCH3 is 1. The van der Waals surface area contributed by atoms with Gasteiger partial charge >= 0.3 is 0 Å². The number of nitrogens with zero attached hydrogens (tertiary/aromatic N) is 1. The molecule has 0 atom stereocenters. The van der Waals surface area contributed by atoms with Gasteiger partial charge in [-0.15, -0.1) is 0 Å². The van der Waals surface area contributed by atoms with Crippen molar-refractivity contribution >= 4 is 46.4 Å². The Morgan fingerprint density at radius 2 is 1.96 bits per heavy atom. The minimum absolute atomic E-state index is 0.179. The van der Waals surface area contributed by atoms with Gasteiger partial charge in [0.2, 0.25) is 5.91 Å². The first-order chi connectivity index (χ1) is 11.4. The van der Waals surface area contributed by atoms with Gasteiger partial charge in [0, 0.05) is 17.1 Å². The normalized spacial score (nSPS) is 10.8. The minimum atomic E-state index is -0.192. The third-order valence-corrected chi connectivity index (χ3v) is 4.38. The average Bonchev–Trinajstić information content (AvgIpc) is 2.52. The van der Waals surface area contributed by atoms with Gasteiger partial charge < -0.3 is 10.1 Å². The van der Waals surface area contributed by atoms with Crippen LogP contribution in [0, 0.1) is 0 Å². The zero-order valence-corrected chi connectivity index (χ0v) is 15.5. The van der Waals surface area contributed by atoms with Gasteiger partial charge in [-0.2, -0.15) is 0 Å². The molecule has 0 unspecified atom stereocenters. The van der Waals surface area contributed by atoms with E-state index in [0.29, 0.717) is 27.3 Å². The predicted molar refractivity (Wildman–Crippen MR) is 99.4 cm³/mol. The number of ether oxygens (including phenoxy) is 1. The molecule has 0 heterocycles. The molecule has 0 saturated heterocycles. The first-order valence-electron chi connectivity index (χ1n) is 7.15. The van der Waals surface area contributed by atoms with Crippen LogP contribution >= 0.6 is 34.8 Å². The van der Waals surface area contributed by atoms with Crippen LogP contribution in [-0.2, 0) is 11.3 Å². The number of carbonyl (C=O) groups excluding carboxylic acids is 1. The molecule has 1 amide bonds. The lowest BCUT2D eigenvalue weighted by atomic mass is 10.2. The summed E-state index contributed by atoms with van der Waals surface area (Å²) in [6, 6.07) is 10.5. The number of amides is 1. The Hall–Kier alpha value is -1.46. The lowest BCUT2D eigenvalue weighted by molar-refractivity contribution is -0.117. The van der Waals surface area contributed by atoms with E-state index in [4.69, 9.17) is 39.5 Å². The SMILES string of the molecule is COc1ccc(Cl)cc1CN(C)CC(=O)Nc1cccc(Cl)c1Cl. The number of nitrogens with one attached hydrogen (secondary N) is 1. The highest BCUT2D eigenvalue weighted by Crippen LogP contribution is 2.29. The van der Waals surface area contributed by atoms with Crippen molar-refractivity contribution in [2.45, 2.75) is 6.54 Å². The minimum Gasteiger partial charge on any atom is -0.496 e. The number of likely N-dealkylation sites (N-methyl/N-ethyl adjacent to an activating group) is 1. The number of benzene rings is 2. The maximum atomic E-state index is 12.2. The van der Waals surface area contributed by atoms with E-state index in [9.17, 15) is 4.79 Å². The second-order valence-electron chi connectivity index (χ2n) is 5.28. The highest BCUT2D eigenvalue weighted by atomic mass is 35.5. The molecule has 2 aromatic rings. The fourth-order valence-electron chi connectivity index (χ4n) is 2.25. The van der Waals surface area contributed by atoms with Crippen LogP contribution in [0.25, 0.3) is 0 Å². The van der Waals surface area contributed by atoms with Gasteiger partial charge in [-0.1, -0.05) is 40.9 Å². The van der Waals surface area contributed by atoms with Crippen LogP contribution in [0.3, 0.4) is 0 Å². The molecule has 1 N–H and O–H groups in total. The van der Waals surface area contributed by atoms with Crippen molar-refractivity contribution in [3.8, 4) is 5.75 Å². The summed E-state index contributed by atoms with van der Waals surface area (Å²) in [5, 5.41) is 4.09. The maximum Gasteiger partial charge on any atom is 0.238 e. The summed E-state index contributed by atoms with van der Waals surface area (Å²) in [7, 11) is 3.43. The molecule has 0 aliphatic rings. The van der Waals surface area contributed by atoms with E-state index < -0.39 is 0 Å². The van der Waals surface area contributed by atoms with E-state index >= 15 is 0 Å². The Labute approximate surface area is 156 Å². The van der Waals surface area contributed by atoms with Crippen LogP contribution in [0.2, 0.25) is 15.1 Å². The average molecular weight is 388 g/mol. The van der Waals surface area contributed by atoms with Crippen molar-refractivity contribution < 1.29 is 9.53 Å². The highest BCUT2D eigenvalue weighted by molar-refractivity contribution is 6.44. The topological polar surface area (TPSA) is 41.6 Å². The molecule has 2 rings (SSSR count). The van der Waals surface area contributed by atoms with Crippen LogP contribution < -0.4 is 10.1 Å². The summed E-state index contributed by atoms with van der Waals surface area (Å²) >= 11 is 18.0. The summed E-state index contributed by atoms with van der Waals surface area (Å²) in [4.78, 5) is 14.0. The molecular formula is C17H17Cl3N2O2. The van der Waals surface area contributed by atoms with Gasteiger partial charge in [0.15, 0.2) is 0 Å². The molecule has 2 aromatic carbocycles. The number of carbonyl (C=O) groups is 1. The van der Waals surface area contributed by atoms with Crippen molar-refractivity contribution in [1.82, 2.24) is 4.90 Å². The zero-order chi connectivity index (χ0) is 17.7. The molecule has 0 spiro atoms. The Bertz CT molecular complexity index is 738. The summed E-state index contributed by atoms with van der Waals surface area (Å²) in [5.74, 6) is 0.534. The van der Waals surface area contributed by atoms with Gasteiger partial charge in [0.05, 0.1) is 29.4 Å². The van der Waals surface area contributed by atoms with Crippen LogP contribution in [0.1, 0.15) is 5.56 Å². The summed E-state index contributed by atoms with van der Waals surface area (Å²) in [6.45, 7) is 0.693. The van der Waals surface area contributed by atoms with E-state index in [-0.39, 0.29) is 12.5 Å². The molecule has 0 aliphatic carbocycles. The van der Waals surface area contributed by atoms with Crippen LogP contribution in [0.4, 0.5) is 5.69 Å². The quantitative estimate of drug-likeness (QED) is 0.779. The van der Waals surface area contributed by atoms with Crippen molar-refractivity contribution in [1.29, 1.82) is 0 Å². The molecule has 0 aromatic heterocycles. The smallest absolute Gasteiger partial charge is 0.238 e. The molecule has 4 nitrogen and oxygen atoms in total. The first kappa shape index (κ1) is 18.9. The lowest BCUT2D eigenvalue weighted by Crippen LogP contribution is -2.30. The number of hydrogen-bond acceptors (Lipinski definition) is 3. The molecule has 0 bridgehead atoms. The van der Waals surface area contributed by atoms with E-state index in [1.54, 1.807) is 37.4 Å². The van der Waals surface area contributed by atoms with E-state index in [2.05, 4.69) is 5.32 Å². The fraction of sp³-hybridized carbons (Fsp3) is 0.235. The largest absolute Gasteiger partial charge is 0.496 e. The molecular weight excluding hydrogens is 371 g/mol. The predicted octanol–water partition coefficient (Wildman–Crippen LogP) is 4.73. The number of halogens is 3. The van der Waals surface area contributed by atoms with Gasteiger partial charge in [-0.25, -0.2) is 0 Å². The second-order valence-corrected chi connectivity index (χ2v) is 6.50. The monoisotopic (exact) mass is 386 g/mol. The standard InChI is InChI=1S/C17H17Cl3N2O2/c1-22(9-11-8-12(18)6-7-15(11)24-2)10-16(23)21-14-5-3-4-13(19)17(14)20/h3-8H,9-10H2,1-2H3,(H,21,23). The third-order valence-electron chi connectivity index (χ3n) is 3.32. The second kappa shape index (κ2) is 8.58. The van der Waals surface area contributed by atoms with Crippen molar-refractivity contribution in [2.24, 2.45) is 0 Å². The number of anilines is 1. The van der Waals surface area contributed by atoms with E-state index in [1.807, 2.05) is 18.0 Å². The molecule has 0 fully saturated rings. The van der Waals surface area contributed by atoms with Crippen molar-refractivity contribution in [3.63, 3.8) is 0 Å². The Kier molecular flexibility index (Phi) is 6.75. The molecule has 0 saturated carbocycles.